The minimum absolute atomic E-state index is 0.0207. The third-order valence-corrected chi connectivity index (χ3v) is 3.09. The lowest BCUT2D eigenvalue weighted by atomic mass is 10.1. The van der Waals surface area contributed by atoms with E-state index in [0.29, 0.717) is 23.2 Å². The average molecular weight is 221 g/mol. The van der Waals surface area contributed by atoms with E-state index in [1.807, 2.05) is 0 Å². The largest absolute Gasteiger partial charge is 0.306 e. The Kier molecular flexibility index (Phi) is 1.60. The van der Waals surface area contributed by atoms with E-state index < -0.39 is 5.91 Å². The first-order valence-electron chi connectivity index (χ1n) is 4.15. The predicted octanol–water partition coefficient (Wildman–Crippen LogP) is 1.95. The van der Waals surface area contributed by atoms with Gasteiger partial charge < -0.3 is 5.32 Å². The Bertz CT molecular complexity index is 604. The monoisotopic (exact) mass is 221 g/mol. The molecule has 74 valence electrons. The van der Waals surface area contributed by atoms with Crippen LogP contribution in [0.15, 0.2) is 18.0 Å². The summed E-state index contributed by atoms with van der Waals surface area (Å²) in [5.74, 6) is -0.0541. The van der Waals surface area contributed by atoms with Crippen molar-refractivity contribution in [3.8, 4) is 0 Å². The summed E-state index contributed by atoms with van der Waals surface area (Å²) < 4.78 is 13.4. The molecule has 3 rings (SSSR count). The van der Waals surface area contributed by atoms with Crippen molar-refractivity contribution in [2.24, 2.45) is 0 Å². The van der Waals surface area contributed by atoms with Gasteiger partial charge in [0.15, 0.2) is 0 Å². The lowest BCUT2D eigenvalue weighted by Crippen LogP contribution is -2.03. The highest BCUT2D eigenvalue weighted by atomic mass is 32.1. The van der Waals surface area contributed by atoms with Crippen LogP contribution < -0.4 is 5.32 Å². The molecule has 0 aromatic carbocycles. The van der Waals surface area contributed by atoms with Gasteiger partial charge in [-0.05, 0) is 0 Å². The van der Waals surface area contributed by atoms with E-state index in [1.165, 1.54) is 11.3 Å². The first-order chi connectivity index (χ1) is 7.31. The van der Waals surface area contributed by atoms with Crippen LogP contribution in [0.5, 0.6) is 0 Å². The van der Waals surface area contributed by atoms with Gasteiger partial charge in [0.2, 0.25) is 0 Å². The van der Waals surface area contributed by atoms with Crippen molar-refractivity contribution in [1.29, 1.82) is 0 Å². The number of fused-ring (bicyclic) bond motifs is 3. The van der Waals surface area contributed by atoms with Crippen molar-refractivity contribution >= 4 is 38.9 Å². The van der Waals surface area contributed by atoms with Crippen LogP contribution in [-0.2, 0) is 4.79 Å². The van der Waals surface area contributed by atoms with Crippen molar-refractivity contribution in [2.45, 2.75) is 0 Å². The summed E-state index contributed by atoms with van der Waals surface area (Å²) in [6, 6.07) is 0. The molecule has 2 aromatic heterocycles. The van der Waals surface area contributed by atoms with Crippen molar-refractivity contribution in [2.75, 3.05) is 5.32 Å². The van der Waals surface area contributed by atoms with Crippen molar-refractivity contribution in [1.82, 2.24) is 9.97 Å². The van der Waals surface area contributed by atoms with Crippen LogP contribution in [0.4, 0.5) is 10.2 Å². The van der Waals surface area contributed by atoms with Crippen LogP contribution >= 0.6 is 11.3 Å². The number of nitrogens with one attached hydrogen (secondary N) is 1. The number of halogens is 1. The van der Waals surface area contributed by atoms with E-state index in [0.717, 1.165) is 4.70 Å². The Labute approximate surface area is 87.5 Å². The average Bonchev–Trinajstić information content (AvgIpc) is 2.78. The molecule has 0 aliphatic carbocycles. The van der Waals surface area contributed by atoms with Gasteiger partial charge in [0.1, 0.15) is 17.7 Å². The number of anilines is 1. The molecule has 0 spiro atoms. The normalized spacial score (nSPS) is 17.1. The van der Waals surface area contributed by atoms with Crippen LogP contribution in [0.2, 0.25) is 0 Å². The van der Waals surface area contributed by atoms with Gasteiger partial charge in [-0.3, -0.25) is 4.79 Å². The zero-order valence-electron chi connectivity index (χ0n) is 7.32. The summed E-state index contributed by atoms with van der Waals surface area (Å²) in [5, 5.41) is 2.50. The highest BCUT2D eigenvalue weighted by Crippen LogP contribution is 2.37. The highest BCUT2D eigenvalue weighted by molar-refractivity contribution is 7.17. The molecule has 0 bridgehead atoms. The molecule has 1 aliphatic rings. The fourth-order valence-corrected chi connectivity index (χ4v) is 2.39. The van der Waals surface area contributed by atoms with E-state index in [2.05, 4.69) is 15.3 Å². The summed E-state index contributed by atoms with van der Waals surface area (Å²) in [6.45, 7) is 0. The number of pyridine rings is 1. The number of carbonyl (C=O) groups is 1. The van der Waals surface area contributed by atoms with Crippen LogP contribution in [-0.4, -0.2) is 15.9 Å². The molecule has 4 nitrogen and oxygen atoms in total. The number of hydrogen-bond donors (Lipinski definition) is 1. The summed E-state index contributed by atoms with van der Waals surface area (Å²) in [4.78, 5) is 19.4. The lowest BCUT2D eigenvalue weighted by molar-refractivity contribution is -0.110. The van der Waals surface area contributed by atoms with Gasteiger partial charge in [0.05, 0.1) is 27.5 Å². The fourth-order valence-electron chi connectivity index (χ4n) is 1.57. The molecule has 0 saturated carbocycles. The molecule has 1 N–H and O–H groups in total. The third-order valence-electron chi connectivity index (χ3n) is 2.23. The zero-order chi connectivity index (χ0) is 10.4. The summed E-state index contributed by atoms with van der Waals surface area (Å²) in [6.07, 6.45) is 1.87. The molecule has 0 atom stereocenters. The number of thiazole rings is 1. The van der Waals surface area contributed by atoms with Gasteiger partial charge >= 0.3 is 0 Å². The smallest absolute Gasteiger partial charge is 0.259 e. The maximum absolute atomic E-state index is 12.6. The molecule has 2 aromatic rings. The van der Waals surface area contributed by atoms with Crippen molar-refractivity contribution in [3.05, 3.63) is 23.6 Å². The maximum atomic E-state index is 12.6. The minimum atomic E-state index is -0.457. The Morgan fingerprint density at radius 3 is 3.13 bits per heavy atom. The molecule has 0 saturated heterocycles. The van der Waals surface area contributed by atoms with Crippen molar-refractivity contribution < 1.29 is 9.18 Å². The van der Waals surface area contributed by atoms with Gasteiger partial charge in [-0.15, -0.1) is 11.3 Å². The molecule has 3 heterocycles. The third kappa shape index (κ3) is 1.02. The van der Waals surface area contributed by atoms with Crippen LogP contribution in [0, 0.1) is 0 Å². The molecular formula is C9H4FN3OS. The predicted molar refractivity (Wildman–Crippen MR) is 55.1 cm³/mol. The Balaban J connectivity index is 2.44. The van der Waals surface area contributed by atoms with E-state index >= 15 is 0 Å². The lowest BCUT2D eigenvalue weighted by Gasteiger charge is -1.96. The van der Waals surface area contributed by atoms with Crippen LogP contribution in [0.3, 0.4) is 0 Å². The number of carbonyl (C=O) groups excluding carboxylic acids is 1. The maximum Gasteiger partial charge on any atom is 0.259 e. The molecule has 6 heteroatoms. The Morgan fingerprint density at radius 1 is 1.47 bits per heavy atom. The molecule has 0 unspecified atom stereocenters. The summed E-state index contributed by atoms with van der Waals surface area (Å²) in [5.41, 5.74) is 2.86. The minimum Gasteiger partial charge on any atom is -0.306 e. The quantitative estimate of drug-likeness (QED) is 0.692. The number of rotatable bonds is 0. The standard InChI is InChI=1S/C9H4FN3OS/c10-1-4-6-7-5(12-3-15-7)2-11-8(6)13-9(4)14/h1-3H,(H,11,13,14)/b4-1-. The molecule has 1 aliphatic heterocycles. The first-order valence-corrected chi connectivity index (χ1v) is 5.03. The van der Waals surface area contributed by atoms with E-state index in [-0.39, 0.29) is 5.57 Å². The van der Waals surface area contributed by atoms with Gasteiger partial charge in [0, 0.05) is 0 Å². The second-order valence-electron chi connectivity index (χ2n) is 3.03. The first kappa shape index (κ1) is 8.49. The van der Waals surface area contributed by atoms with Gasteiger partial charge in [-0.1, -0.05) is 0 Å². The fraction of sp³-hybridized carbons (Fsp3) is 0. The SMILES string of the molecule is O=C1Nc2ncc3ncsc3c2/C1=C/F. The number of nitrogens with zero attached hydrogens (tertiary/aromatic N) is 2. The summed E-state index contributed by atoms with van der Waals surface area (Å²) in [7, 11) is 0. The number of amides is 1. The topological polar surface area (TPSA) is 54.9 Å². The molecule has 0 radical (unpaired) electrons. The highest BCUT2D eigenvalue weighted by Gasteiger charge is 2.28. The van der Waals surface area contributed by atoms with E-state index in [4.69, 9.17) is 0 Å². The molecule has 0 fully saturated rings. The second-order valence-corrected chi connectivity index (χ2v) is 3.88. The molecule has 15 heavy (non-hydrogen) atoms. The summed E-state index contributed by atoms with van der Waals surface area (Å²) >= 11 is 1.36. The number of hydrogen-bond acceptors (Lipinski definition) is 4. The Hall–Kier alpha value is -1.82. The van der Waals surface area contributed by atoms with Crippen LogP contribution in [0.25, 0.3) is 15.8 Å². The van der Waals surface area contributed by atoms with Gasteiger partial charge in [-0.25, -0.2) is 14.4 Å². The second kappa shape index (κ2) is 2.83. The Morgan fingerprint density at radius 2 is 2.33 bits per heavy atom. The van der Waals surface area contributed by atoms with Gasteiger partial charge in [-0.2, -0.15) is 0 Å². The van der Waals surface area contributed by atoms with Crippen molar-refractivity contribution in [3.63, 3.8) is 0 Å². The van der Waals surface area contributed by atoms with E-state index in [9.17, 15) is 9.18 Å². The number of aromatic nitrogens is 2. The molecular weight excluding hydrogens is 217 g/mol. The van der Waals surface area contributed by atoms with E-state index in [1.54, 1.807) is 11.7 Å². The molecule has 1 amide bonds. The van der Waals surface area contributed by atoms with Gasteiger partial charge in [0.25, 0.3) is 5.91 Å². The zero-order valence-corrected chi connectivity index (χ0v) is 8.14. The van der Waals surface area contributed by atoms with Crippen LogP contribution in [0.1, 0.15) is 5.56 Å².